The number of nitrogens with zero attached hydrogens (tertiary/aromatic N) is 1. The second kappa shape index (κ2) is 7.56. The first-order chi connectivity index (χ1) is 11.7. The van der Waals surface area contributed by atoms with Gasteiger partial charge < -0.3 is 9.57 Å². The normalized spacial score (nSPS) is 19.2. The number of benzene rings is 1. The lowest BCUT2D eigenvalue weighted by atomic mass is 9.82. The minimum Gasteiger partial charge on any atom is -0.497 e. The first kappa shape index (κ1) is 19.4. The first-order valence-corrected chi connectivity index (χ1v) is 8.83. The Morgan fingerprint density at radius 2 is 1.84 bits per heavy atom. The Kier molecular flexibility index (Phi) is 5.88. The van der Waals surface area contributed by atoms with Crippen molar-refractivity contribution in [1.29, 1.82) is 0 Å². The molecule has 1 aliphatic rings. The Labute approximate surface area is 150 Å². The van der Waals surface area contributed by atoms with Crippen molar-refractivity contribution in [3.63, 3.8) is 0 Å². The first-order valence-electron chi connectivity index (χ1n) is 8.83. The molecule has 0 amide bonds. The van der Waals surface area contributed by atoms with Gasteiger partial charge in [-0.05, 0) is 71.1 Å². The molecule has 5 heteroatoms. The van der Waals surface area contributed by atoms with Crippen molar-refractivity contribution in [3.8, 4) is 5.75 Å². The van der Waals surface area contributed by atoms with Gasteiger partial charge >= 0.3 is 5.97 Å². The van der Waals surface area contributed by atoms with E-state index >= 15 is 0 Å². The van der Waals surface area contributed by atoms with Crippen LogP contribution < -0.4 is 4.74 Å². The highest BCUT2D eigenvalue weighted by Gasteiger charge is 2.44. The fourth-order valence-corrected chi connectivity index (χ4v) is 3.64. The van der Waals surface area contributed by atoms with Crippen LogP contribution in [0.1, 0.15) is 69.3 Å². The molecule has 0 spiro atoms. The summed E-state index contributed by atoms with van der Waals surface area (Å²) in [5.41, 5.74) is 1.02. The molecular weight excluding hydrogens is 318 g/mol. The van der Waals surface area contributed by atoms with E-state index < -0.39 is 0 Å². The maximum atomic E-state index is 12.4. The van der Waals surface area contributed by atoms with E-state index in [-0.39, 0.29) is 23.5 Å². The average Bonchev–Trinajstić information content (AvgIpc) is 2.55. The number of methoxy groups -OCH3 is 1. The number of piperidine rings is 1. The van der Waals surface area contributed by atoms with Crippen molar-refractivity contribution < 1.29 is 19.2 Å². The lowest BCUT2D eigenvalue weighted by Crippen LogP contribution is -2.58. The number of hydrogen-bond donors (Lipinski definition) is 0. The molecular formula is C20H29NO4. The van der Waals surface area contributed by atoms with Crippen molar-refractivity contribution >= 4 is 12.3 Å². The Bertz CT molecular complexity index is 621. The zero-order valence-corrected chi connectivity index (χ0v) is 15.9. The van der Waals surface area contributed by atoms with Crippen LogP contribution in [0, 0.1) is 0 Å². The van der Waals surface area contributed by atoms with E-state index in [2.05, 4.69) is 27.7 Å². The minimum absolute atomic E-state index is 0.175. The van der Waals surface area contributed by atoms with Crippen molar-refractivity contribution in [2.24, 2.45) is 0 Å². The summed E-state index contributed by atoms with van der Waals surface area (Å²) in [5, 5.41) is 1.86. The molecule has 5 nitrogen and oxygen atoms in total. The summed E-state index contributed by atoms with van der Waals surface area (Å²) >= 11 is 0. The SMILES string of the molecule is COc1ccc(CCC(=O)ON2C(C)(C)CCCC2(C)C)c(C=O)c1. The molecule has 1 heterocycles. The predicted molar refractivity (Wildman–Crippen MR) is 96.6 cm³/mol. The monoisotopic (exact) mass is 347 g/mol. The number of carbonyl (C=O) groups is 2. The fourth-order valence-electron chi connectivity index (χ4n) is 3.64. The predicted octanol–water partition coefficient (Wildman–Crippen LogP) is 3.94. The van der Waals surface area contributed by atoms with Gasteiger partial charge in [0.25, 0.3) is 0 Å². The van der Waals surface area contributed by atoms with Crippen LogP contribution in [0.15, 0.2) is 18.2 Å². The number of hydroxylamine groups is 2. The Morgan fingerprint density at radius 1 is 1.20 bits per heavy atom. The number of aldehydes is 1. The molecule has 0 unspecified atom stereocenters. The highest BCUT2D eigenvalue weighted by molar-refractivity contribution is 5.78. The van der Waals surface area contributed by atoms with Crippen LogP contribution in [0.5, 0.6) is 5.75 Å². The Hall–Kier alpha value is -1.88. The summed E-state index contributed by atoms with van der Waals surface area (Å²) in [6.45, 7) is 8.43. The van der Waals surface area contributed by atoms with Crippen LogP contribution in [0.3, 0.4) is 0 Å². The summed E-state index contributed by atoms with van der Waals surface area (Å²) in [5.74, 6) is 0.362. The summed E-state index contributed by atoms with van der Waals surface area (Å²) in [6.07, 6.45) is 4.61. The molecule has 1 aromatic carbocycles. The quantitative estimate of drug-likeness (QED) is 0.730. The van der Waals surface area contributed by atoms with E-state index in [0.717, 1.165) is 31.1 Å². The number of aryl methyl sites for hydroxylation is 1. The Balaban J connectivity index is 2.02. The van der Waals surface area contributed by atoms with Gasteiger partial charge in [0.1, 0.15) is 12.0 Å². The molecule has 1 saturated heterocycles. The highest BCUT2D eigenvalue weighted by Crippen LogP contribution is 2.38. The van der Waals surface area contributed by atoms with Gasteiger partial charge in [-0.3, -0.25) is 9.59 Å². The van der Waals surface area contributed by atoms with Crippen LogP contribution in [0.4, 0.5) is 0 Å². The van der Waals surface area contributed by atoms with E-state index in [1.807, 2.05) is 11.1 Å². The molecule has 0 aliphatic carbocycles. The van der Waals surface area contributed by atoms with Gasteiger partial charge in [-0.25, -0.2) is 0 Å². The molecule has 0 bridgehead atoms. The van der Waals surface area contributed by atoms with Crippen LogP contribution >= 0.6 is 0 Å². The van der Waals surface area contributed by atoms with Gasteiger partial charge in [-0.15, -0.1) is 5.06 Å². The third-order valence-corrected chi connectivity index (χ3v) is 4.95. The molecule has 1 aliphatic heterocycles. The highest BCUT2D eigenvalue weighted by atomic mass is 16.7. The largest absolute Gasteiger partial charge is 0.497 e. The van der Waals surface area contributed by atoms with Gasteiger partial charge in [0.15, 0.2) is 0 Å². The lowest BCUT2D eigenvalue weighted by Gasteiger charge is -2.50. The zero-order valence-electron chi connectivity index (χ0n) is 15.9. The van der Waals surface area contributed by atoms with Gasteiger partial charge in [-0.2, -0.15) is 0 Å². The molecule has 1 fully saturated rings. The van der Waals surface area contributed by atoms with Gasteiger partial charge in [-0.1, -0.05) is 6.07 Å². The van der Waals surface area contributed by atoms with E-state index in [1.165, 1.54) is 0 Å². The van der Waals surface area contributed by atoms with Gasteiger partial charge in [0, 0.05) is 5.56 Å². The molecule has 138 valence electrons. The van der Waals surface area contributed by atoms with Crippen LogP contribution in [0.2, 0.25) is 0 Å². The summed E-state index contributed by atoms with van der Waals surface area (Å²) < 4.78 is 5.13. The third-order valence-electron chi connectivity index (χ3n) is 4.95. The maximum absolute atomic E-state index is 12.4. The molecule has 2 rings (SSSR count). The minimum atomic E-state index is -0.268. The van der Waals surface area contributed by atoms with Crippen molar-refractivity contribution in [2.45, 2.75) is 70.9 Å². The van der Waals surface area contributed by atoms with E-state index in [0.29, 0.717) is 17.7 Å². The summed E-state index contributed by atoms with van der Waals surface area (Å²) in [7, 11) is 1.56. The second-order valence-electron chi connectivity index (χ2n) is 7.92. The van der Waals surface area contributed by atoms with E-state index in [9.17, 15) is 9.59 Å². The molecule has 0 radical (unpaired) electrons. The number of carbonyl (C=O) groups excluding carboxylic acids is 2. The Morgan fingerprint density at radius 3 is 2.40 bits per heavy atom. The molecule has 0 saturated carbocycles. The third kappa shape index (κ3) is 4.60. The summed E-state index contributed by atoms with van der Waals surface area (Å²) in [4.78, 5) is 29.4. The number of rotatable bonds is 6. The van der Waals surface area contributed by atoms with Crippen LogP contribution in [-0.4, -0.2) is 35.5 Å². The smallest absolute Gasteiger partial charge is 0.325 e. The fraction of sp³-hybridized carbons (Fsp3) is 0.600. The van der Waals surface area contributed by atoms with Crippen LogP contribution in [0.25, 0.3) is 0 Å². The zero-order chi connectivity index (χ0) is 18.7. The van der Waals surface area contributed by atoms with E-state index in [1.54, 1.807) is 19.2 Å². The van der Waals surface area contributed by atoms with Gasteiger partial charge in [0.05, 0.1) is 24.6 Å². The van der Waals surface area contributed by atoms with Gasteiger partial charge in [0.2, 0.25) is 0 Å². The van der Waals surface area contributed by atoms with Crippen molar-refractivity contribution in [1.82, 2.24) is 5.06 Å². The standard InChI is InChI=1S/C20H29NO4/c1-19(2)11-6-12-20(3,4)21(19)25-18(23)10-8-15-7-9-17(24-5)13-16(15)14-22/h7,9,13-14H,6,8,10-12H2,1-5H3. The topological polar surface area (TPSA) is 55.8 Å². The molecule has 0 N–H and O–H groups in total. The van der Waals surface area contributed by atoms with Crippen molar-refractivity contribution in [3.05, 3.63) is 29.3 Å². The second-order valence-corrected chi connectivity index (χ2v) is 7.92. The van der Waals surface area contributed by atoms with Crippen LogP contribution in [-0.2, 0) is 16.1 Å². The van der Waals surface area contributed by atoms with E-state index in [4.69, 9.17) is 9.57 Å². The maximum Gasteiger partial charge on any atom is 0.325 e. The number of hydrogen-bond acceptors (Lipinski definition) is 5. The number of ether oxygens (including phenoxy) is 1. The molecule has 0 aromatic heterocycles. The molecule has 1 aromatic rings. The molecule has 25 heavy (non-hydrogen) atoms. The lowest BCUT2D eigenvalue weighted by molar-refractivity contribution is -0.265. The average molecular weight is 347 g/mol. The van der Waals surface area contributed by atoms with Crippen molar-refractivity contribution in [2.75, 3.05) is 7.11 Å². The molecule has 0 atom stereocenters. The summed E-state index contributed by atoms with van der Waals surface area (Å²) in [6, 6.07) is 5.31.